The molecule has 0 aliphatic heterocycles. The van der Waals surface area contributed by atoms with Gasteiger partial charge in [0.1, 0.15) is 19.2 Å². The third kappa shape index (κ3) is 13.7. The van der Waals surface area contributed by atoms with Crippen molar-refractivity contribution in [2.45, 2.75) is 130 Å². The van der Waals surface area contributed by atoms with E-state index in [4.69, 9.17) is 29.0 Å². The predicted molar refractivity (Wildman–Crippen MR) is 234 cm³/mol. The Morgan fingerprint density at radius 1 is 0.839 bits per heavy atom. The highest BCUT2D eigenvalue weighted by Crippen LogP contribution is 2.35. The molecule has 0 aliphatic rings. The molecule has 1 N–H and O–H groups in total. The van der Waals surface area contributed by atoms with E-state index in [-0.39, 0.29) is 32.5 Å². The molecule has 16 heteroatoms. The summed E-state index contributed by atoms with van der Waals surface area (Å²) in [6, 6.07) is 12.3. The molecule has 0 atom stereocenters. The molecule has 2 aromatic carbocycles. The zero-order valence-electron chi connectivity index (χ0n) is 35.8. The van der Waals surface area contributed by atoms with E-state index in [9.17, 15) is 8.42 Å². The average Bonchev–Trinajstić information content (AvgIpc) is 3.67. The highest BCUT2D eigenvalue weighted by atomic mass is 32.2. The lowest BCUT2D eigenvalue weighted by Gasteiger charge is -2.16. The molecule has 0 aliphatic carbocycles. The first-order valence-electron chi connectivity index (χ1n) is 19.8. The Balaban J connectivity index is 1.74. The number of hydrogen-bond acceptors (Lipinski definition) is 8. The summed E-state index contributed by atoms with van der Waals surface area (Å²) in [4.78, 5) is 4.92. The van der Waals surface area contributed by atoms with E-state index in [1.54, 1.807) is 26.0 Å². The molecular weight excluding hydrogens is 782 g/mol. The van der Waals surface area contributed by atoms with Gasteiger partial charge in [0.2, 0.25) is 10.0 Å². The third-order valence-electron chi connectivity index (χ3n) is 9.45. The quantitative estimate of drug-likeness (QED) is 0.0446. The lowest BCUT2D eigenvalue weighted by molar-refractivity contribution is 0.0197. The minimum Gasteiger partial charge on any atom is -0.464 e. The van der Waals surface area contributed by atoms with Gasteiger partial charge in [-0.3, -0.25) is 0 Å². The van der Waals surface area contributed by atoms with E-state index < -0.39 is 45.3 Å². The highest BCUT2D eigenvalue weighted by Gasteiger charge is 2.23. The fourth-order valence-electron chi connectivity index (χ4n) is 5.67. The number of halogens is 1. The standard InChI is InChI=1S/C40H66FN5O6SSi3/c1-13-31-23-38(52-29-51-18-21-56(10,11)12)36(41)24-35(31)32-14-15-34-37(22-32)46(28-50-17-20-55(7,8)9)44-39(34)40-43-33(25-42-53(47,48)30(2)3)26-45(40)27-49-16-19-54(4,5)6/h14-15,22-24,26,30,42H,13,16-21,25,27-29H2,1-12H3. The second kappa shape index (κ2) is 19.4. The number of sulfonamides is 1. The van der Waals surface area contributed by atoms with Crippen molar-refractivity contribution in [1.82, 2.24) is 24.1 Å². The van der Waals surface area contributed by atoms with Crippen molar-refractivity contribution in [2.24, 2.45) is 0 Å². The van der Waals surface area contributed by atoms with Gasteiger partial charge >= 0.3 is 0 Å². The van der Waals surface area contributed by atoms with E-state index in [1.165, 1.54) is 0 Å². The molecule has 312 valence electrons. The first-order chi connectivity index (χ1) is 26.1. The smallest absolute Gasteiger partial charge is 0.214 e. The van der Waals surface area contributed by atoms with Gasteiger partial charge in [-0.15, -0.1) is 0 Å². The number of aromatic nitrogens is 4. The van der Waals surface area contributed by atoms with Crippen LogP contribution in [0.2, 0.25) is 77.1 Å². The van der Waals surface area contributed by atoms with Crippen molar-refractivity contribution < 1.29 is 31.8 Å². The summed E-state index contributed by atoms with van der Waals surface area (Å²) < 4.78 is 71.1. The molecular formula is C40H66FN5O6SSi3. The lowest BCUT2D eigenvalue weighted by Crippen LogP contribution is -2.30. The van der Waals surface area contributed by atoms with Crippen molar-refractivity contribution in [1.29, 1.82) is 0 Å². The van der Waals surface area contributed by atoms with Crippen molar-refractivity contribution in [3.8, 4) is 28.4 Å². The highest BCUT2D eigenvalue weighted by molar-refractivity contribution is 7.90. The number of hydrogen-bond donors (Lipinski definition) is 1. The van der Waals surface area contributed by atoms with E-state index in [0.717, 1.165) is 45.7 Å². The number of benzene rings is 2. The summed E-state index contributed by atoms with van der Waals surface area (Å²) >= 11 is 0. The van der Waals surface area contributed by atoms with E-state index in [1.807, 2.05) is 40.6 Å². The Morgan fingerprint density at radius 3 is 2.04 bits per heavy atom. The first kappa shape index (κ1) is 46.0. The van der Waals surface area contributed by atoms with Gasteiger partial charge in [0.25, 0.3) is 0 Å². The van der Waals surface area contributed by atoms with Gasteiger partial charge in [-0.2, -0.15) is 5.10 Å². The molecule has 4 rings (SSSR count). The van der Waals surface area contributed by atoms with Crippen LogP contribution in [0.25, 0.3) is 33.5 Å². The summed E-state index contributed by atoms with van der Waals surface area (Å²) in [5.41, 5.74) is 4.52. The van der Waals surface area contributed by atoms with Gasteiger partial charge in [-0.05, 0) is 79.4 Å². The van der Waals surface area contributed by atoms with Gasteiger partial charge in [0, 0.05) is 55.6 Å². The summed E-state index contributed by atoms with van der Waals surface area (Å²) in [7, 11) is -7.41. The molecule has 0 saturated carbocycles. The van der Waals surface area contributed by atoms with Gasteiger partial charge in [0.05, 0.1) is 23.0 Å². The number of aryl methyl sites for hydroxylation is 1. The maximum absolute atomic E-state index is 15.6. The summed E-state index contributed by atoms with van der Waals surface area (Å²) in [6.07, 6.45) is 2.50. The topological polar surface area (TPSA) is 119 Å². The fraction of sp³-hybridized carbons (Fsp3) is 0.600. The van der Waals surface area contributed by atoms with Crippen LogP contribution in [0.3, 0.4) is 0 Å². The number of rotatable bonds is 23. The van der Waals surface area contributed by atoms with Crippen LogP contribution in [0.4, 0.5) is 4.39 Å². The van der Waals surface area contributed by atoms with Crippen molar-refractivity contribution >= 4 is 45.1 Å². The predicted octanol–water partition coefficient (Wildman–Crippen LogP) is 9.41. The molecule has 2 heterocycles. The number of fused-ring (bicyclic) bond motifs is 1. The van der Waals surface area contributed by atoms with Crippen LogP contribution in [0.5, 0.6) is 5.75 Å². The Bertz CT molecular complexity index is 2020. The molecule has 0 amide bonds. The van der Waals surface area contributed by atoms with E-state index >= 15 is 4.39 Å². The molecule has 4 aromatic rings. The van der Waals surface area contributed by atoms with Crippen molar-refractivity contribution in [2.75, 3.05) is 26.6 Å². The van der Waals surface area contributed by atoms with Crippen LogP contribution in [-0.4, -0.2) is 83.8 Å². The summed E-state index contributed by atoms with van der Waals surface area (Å²) in [6.45, 7) is 28.4. The van der Waals surface area contributed by atoms with Crippen LogP contribution in [0, 0.1) is 5.82 Å². The zero-order chi connectivity index (χ0) is 41.5. The fourth-order valence-corrected chi connectivity index (χ4v) is 8.62. The van der Waals surface area contributed by atoms with E-state index in [0.29, 0.717) is 43.5 Å². The largest absolute Gasteiger partial charge is 0.464 e. The first-order valence-corrected chi connectivity index (χ1v) is 32.5. The summed E-state index contributed by atoms with van der Waals surface area (Å²) in [5, 5.41) is 5.33. The van der Waals surface area contributed by atoms with Gasteiger partial charge in [-0.1, -0.05) is 71.9 Å². The third-order valence-corrected chi connectivity index (χ3v) is 16.3. The Hall–Kier alpha value is -2.71. The van der Waals surface area contributed by atoms with Gasteiger partial charge < -0.3 is 23.5 Å². The minimum atomic E-state index is -3.51. The molecule has 0 spiro atoms. The zero-order valence-corrected chi connectivity index (χ0v) is 39.7. The SMILES string of the molecule is CCc1cc(OCOCC[Si](C)(C)C)c(F)cc1-c1ccc2c(-c3nc(CNS(=O)(=O)C(C)C)cn3COCC[Si](C)(C)C)nn(COCC[Si](C)(C)C)c2c1. The summed E-state index contributed by atoms with van der Waals surface area (Å²) in [5.74, 6) is 0.282. The second-order valence-electron chi connectivity index (χ2n) is 18.5. The van der Waals surface area contributed by atoms with Crippen LogP contribution in [0.15, 0.2) is 36.5 Å². The van der Waals surface area contributed by atoms with Gasteiger partial charge in [0.15, 0.2) is 24.2 Å². The molecule has 11 nitrogen and oxygen atoms in total. The monoisotopic (exact) mass is 847 g/mol. The van der Waals surface area contributed by atoms with Crippen LogP contribution in [-0.2, 0) is 50.7 Å². The Labute approximate surface area is 337 Å². The lowest BCUT2D eigenvalue weighted by atomic mass is 9.96. The molecule has 56 heavy (non-hydrogen) atoms. The van der Waals surface area contributed by atoms with Gasteiger partial charge in [-0.25, -0.2) is 27.2 Å². The minimum absolute atomic E-state index is 0.0000405. The van der Waals surface area contributed by atoms with Crippen LogP contribution < -0.4 is 9.46 Å². The second-order valence-corrected chi connectivity index (χ2v) is 37.7. The molecule has 0 saturated heterocycles. The Kier molecular flexibility index (Phi) is 15.9. The van der Waals surface area contributed by atoms with Crippen LogP contribution in [0.1, 0.15) is 32.0 Å². The van der Waals surface area contributed by atoms with Crippen LogP contribution >= 0.6 is 0 Å². The maximum Gasteiger partial charge on any atom is 0.214 e. The number of ether oxygens (including phenoxy) is 4. The molecule has 0 bridgehead atoms. The molecule has 0 radical (unpaired) electrons. The Morgan fingerprint density at radius 2 is 1.45 bits per heavy atom. The molecule has 0 unspecified atom stereocenters. The van der Waals surface area contributed by atoms with Crippen molar-refractivity contribution in [3.05, 3.63) is 53.6 Å². The molecule has 2 aromatic heterocycles. The van der Waals surface area contributed by atoms with E-state index in [2.05, 4.69) is 63.6 Å². The number of imidazole rings is 1. The van der Waals surface area contributed by atoms with Crippen molar-refractivity contribution in [3.63, 3.8) is 0 Å². The number of nitrogens with one attached hydrogen (secondary N) is 1. The number of nitrogens with zero attached hydrogens (tertiary/aromatic N) is 4. The normalized spacial score (nSPS) is 13.0. The average molecular weight is 848 g/mol. The molecule has 0 fully saturated rings. The maximum atomic E-state index is 15.6.